The van der Waals surface area contributed by atoms with E-state index in [1.54, 1.807) is 30.3 Å². The SMILES string of the molecule is O=C(COC(=O)/C=C/c1c(Cl)cccc1Cl)NCc1ccco1. The summed E-state index contributed by atoms with van der Waals surface area (Å²) in [5.74, 6) is -0.494. The number of benzene rings is 1. The molecule has 5 nitrogen and oxygen atoms in total. The van der Waals surface area contributed by atoms with Crippen molar-refractivity contribution >= 4 is 41.2 Å². The maximum atomic E-state index is 11.6. The molecule has 0 fully saturated rings. The van der Waals surface area contributed by atoms with Gasteiger partial charge in [0.2, 0.25) is 0 Å². The summed E-state index contributed by atoms with van der Waals surface area (Å²) in [4.78, 5) is 23.1. The van der Waals surface area contributed by atoms with Gasteiger partial charge < -0.3 is 14.5 Å². The predicted molar refractivity (Wildman–Crippen MR) is 87.0 cm³/mol. The van der Waals surface area contributed by atoms with E-state index >= 15 is 0 Å². The second-order valence-corrected chi connectivity index (χ2v) is 5.25. The summed E-state index contributed by atoms with van der Waals surface area (Å²) < 4.78 is 9.88. The van der Waals surface area contributed by atoms with E-state index in [1.165, 1.54) is 12.3 Å². The zero-order valence-electron chi connectivity index (χ0n) is 11.9. The number of hydrogen-bond acceptors (Lipinski definition) is 4. The van der Waals surface area contributed by atoms with Crippen LogP contribution < -0.4 is 5.32 Å². The van der Waals surface area contributed by atoms with Crippen LogP contribution in [-0.2, 0) is 20.9 Å². The second-order valence-electron chi connectivity index (χ2n) is 4.43. The summed E-state index contributed by atoms with van der Waals surface area (Å²) in [6.07, 6.45) is 4.10. The number of carbonyl (C=O) groups is 2. The maximum Gasteiger partial charge on any atom is 0.331 e. The molecule has 1 aromatic heterocycles. The number of halogens is 2. The normalized spacial score (nSPS) is 10.7. The second kappa shape index (κ2) is 8.41. The Labute approximate surface area is 142 Å². The van der Waals surface area contributed by atoms with Crippen molar-refractivity contribution in [2.24, 2.45) is 0 Å². The number of amides is 1. The third-order valence-corrected chi connectivity index (χ3v) is 3.43. The van der Waals surface area contributed by atoms with Gasteiger partial charge in [0.25, 0.3) is 5.91 Å². The van der Waals surface area contributed by atoms with Crippen LogP contribution in [0.4, 0.5) is 0 Å². The number of ether oxygens (including phenoxy) is 1. The van der Waals surface area contributed by atoms with Crippen LogP contribution in [0.5, 0.6) is 0 Å². The average Bonchev–Trinajstić information content (AvgIpc) is 3.04. The smallest absolute Gasteiger partial charge is 0.331 e. The van der Waals surface area contributed by atoms with Crippen molar-refractivity contribution in [1.82, 2.24) is 5.32 Å². The Hall–Kier alpha value is -2.24. The molecule has 0 spiro atoms. The molecule has 0 aliphatic carbocycles. The molecule has 120 valence electrons. The monoisotopic (exact) mass is 353 g/mol. The summed E-state index contributed by atoms with van der Waals surface area (Å²) in [5, 5.41) is 3.39. The number of carbonyl (C=O) groups excluding carboxylic acids is 2. The quantitative estimate of drug-likeness (QED) is 0.637. The van der Waals surface area contributed by atoms with Gasteiger partial charge in [-0.05, 0) is 30.3 Å². The van der Waals surface area contributed by atoms with Gasteiger partial charge in [0.05, 0.1) is 12.8 Å². The molecule has 0 bridgehead atoms. The number of esters is 1. The fraction of sp³-hybridized carbons (Fsp3) is 0.125. The minimum absolute atomic E-state index is 0.231. The fourth-order valence-corrected chi connectivity index (χ4v) is 2.18. The van der Waals surface area contributed by atoms with Crippen molar-refractivity contribution < 1.29 is 18.7 Å². The van der Waals surface area contributed by atoms with Gasteiger partial charge in [-0.1, -0.05) is 29.3 Å². The van der Waals surface area contributed by atoms with Gasteiger partial charge in [0.15, 0.2) is 6.61 Å². The van der Waals surface area contributed by atoms with Crippen molar-refractivity contribution in [2.75, 3.05) is 6.61 Å². The van der Waals surface area contributed by atoms with Crippen molar-refractivity contribution in [3.63, 3.8) is 0 Å². The largest absolute Gasteiger partial charge is 0.467 e. The van der Waals surface area contributed by atoms with E-state index in [2.05, 4.69) is 5.32 Å². The third kappa shape index (κ3) is 5.47. The van der Waals surface area contributed by atoms with Crippen LogP contribution in [0.2, 0.25) is 10.0 Å². The first kappa shape index (κ1) is 17.1. The highest BCUT2D eigenvalue weighted by molar-refractivity contribution is 6.37. The Morgan fingerprint density at radius 2 is 1.91 bits per heavy atom. The maximum absolute atomic E-state index is 11.6. The molecule has 0 unspecified atom stereocenters. The summed E-state index contributed by atoms with van der Waals surface area (Å²) in [5.41, 5.74) is 0.509. The zero-order chi connectivity index (χ0) is 16.7. The van der Waals surface area contributed by atoms with Crippen molar-refractivity contribution in [3.8, 4) is 0 Å². The molecule has 0 radical (unpaired) electrons. The first-order chi connectivity index (χ1) is 11.1. The van der Waals surface area contributed by atoms with Crippen molar-refractivity contribution in [1.29, 1.82) is 0 Å². The molecule has 0 saturated heterocycles. The standard InChI is InChI=1S/C16H13Cl2NO4/c17-13-4-1-5-14(18)12(13)6-7-16(21)23-10-15(20)19-9-11-3-2-8-22-11/h1-8H,9-10H2,(H,19,20)/b7-6+. The predicted octanol–water partition coefficient (Wildman–Crippen LogP) is 3.46. The number of nitrogens with one attached hydrogen (secondary N) is 1. The zero-order valence-corrected chi connectivity index (χ0v) is 13.4. The molecule has 7 heteroatoms. The molecular weight excluding hydrogens is 341 g/mol. The molecule has 0 aliphatic heterocycles. The Morgan fingerprint density at radius 1 is 1.17 bits per heavy atom. The molecule has 2 aromatic rings. The lowest BCUT2D eigenvalue weighted by Crippen LogP contribution is -2.27. The molecule has 1 aromatic carbocycles. The average molecular weight is 354 g/mol. The number of rotatable bonds is 6. The first-order valence-corrected chi connectivity index (χ1v) is 7.40. The molecule has 23 heavy (non-hydrogen) atoms. The van der Waals surface area contributed by atoms with Crippen molar-refractivity contribution in [3.05, 3.63) is 64.0 Å². The lowest BCUT2D eigenvalue weighted by Gasteiger charge is -2.04. The van der Waals surface area contributed by atoms with Crippen LogP contribution in [0.1, 0.15) is 11.3 Å². The van der Waals surface area contributed by atoms with Crippen LogP contribution in [0.15, 0.2) is 47.1 Å². The van der Waals surface area contributed by atoms with E-state index < -0.39 is 11.9 Å². The van der Waals surface area contributed by atoms with E-state index in [0.29, 0.717) is 21.4 Å². The Kier molecular flexibility index (Phi) is 6.26. The molecule has 1 amide bonds. The lowest BCUT2D eigenvalue weighted by molar-refractivity contribution is -0.143. The highest BCUT2D eigenvalue weighted by atomic mass is 35.5. The Morgan fingerprint density at radius 3 is 2.57 bits per heavy atom. The van der Waals surface area contributed by atoms with Gasteiger partial charge in [0, 0.05) is 21.7 Å². The van der Waals surface area contributed by atoms with E-state index in [0.717, 1.165) is 6.08 Å². The first-order valence-electron chi connectivity index (χ1n) is 6.64. The molecule has 0 saturated carbocycles. The van der Waals surface area contributed by atoms with E-state index in [9.17, 15) is 9.59 Å². The van der Waals surface area contributed by atoms with Gasteiger partial charge in [-0.25, -0.2) is 4.79 Å². The van der Waals surface area contributed by atoms with Crippen LogP contribution in [0.25, 0.3) is 6.08 Å². The molecule has 2 rings (SSSR count). The van der Waals surface area contributed by atoms with Crippen LogP contribution in [0.3, 0.4) is 0 Å². The lowest BCUT2D eigenvalue weighted by atomic mass is 10.2. The van der Waals surface area contributed by atoms with Gasteiger partial charge in [-0.15, -0.1) is 0 Å². The van der Waals surface area contributed by atoms with Gasteiger partial charge in [0.1, 0.15) is 5.76 Å². The molecule has 0 atom stereocenters. The molecule has 1 heterocycles. The fourth-order valence-electron chi connectivity index (χ4n) is 1.66. The van der Waals surface area contributed by atoms with Crippen LogP contribution in [0, 0.1) is 0 Å². The van der Waals surface area contributed by atoms with Gasteiger partial charge >= 0.3 is 5.97 Å². The topological polar surface area (TPSA) is 68.5 Å². The van der Waals surface area contributed by atoms with Crippen molar-refractivity contribution in [2.45, 2.75) is 6.54 Å². The van der Waals surface area contributed by atoms with E-state index in [1.807, 2.05) is 0 Å². The Bertz CT molecular complexity index is 691. The van der Waals surface area contributed by atoms with Gasteiger partial charge in [-0.3, -0.25) is 4.79 Å². The summed E-state index contributed by atoms with van der Waals surface area (Å²) in [6, 6.07) is 8.44. The third-order valence-electron chi connectivity index (χ3n) is 2.77. The summed E-state index contributed by atoms with van der Waals surface area (Å²) in [6.45, 7) is -0.158. The molecular formula is C16H13Cl2NO4. The molecule has 0 aliphatic rings. The number of furan rings is 1. The highest BCUT2D eigenvalue weighted by Crippen LogP contribution is 2.25. The van der Waals surface area contributed by atoms with Gasteiger partial charge in [-0.2, -0.15) is 0 Å². The minimum Gasteiger partial charge on any atom is -0.467 e. The summed E-state index contributed by atoms with van der Waals surface area (Å²) >= 11 is 11.9. The van der Waals surface area contributed by atoms with Crippen LogP contribution >= 0.6 is 23.2 Å². The van der Waals surface area contributed by atoms with E-state index in [4.69, 9.17) is 32.4 Å². The number of hydrogen-bond donors (Lipinski definition) is 1. The van der Waals surface area contributed by atoms with E-state index in [-0.39, 0.29) is 13.2 Å². The minimum atomic E-state index is -0.672. The Balaban J connectivity index is 1.78. The molecule has 1 N–H and O–H groups in total. The van der Waals surface area contributed by atoms with Crippen LogP contribution in [-0.4, -0.2) is 18.5 Å². The summed E-state index contributed by atoms with van der Waals surface area (Å²) in [7, 11) is 0. The highest BCUT2D eigenvalue weighted by Gasteiger charge is 2.07.